The van der Waals surface area contributed by atoms with Crippen LogP contribution in [0.1, 0.15) is 46.3 Å². The van der Waals surface area contributed by atoms with Crippen LogP contribution in [0.15, 0.2) is 6.33 Å². The maximum absolute atomic E-state index is 12.7. The molecular formula is C18H28N5O8P. The number of hydrogen-bond acceptors (Lipinski definition) is 12. The molecule has 178 valence electrons. The second kappa shape index (κ2) is 7.87. The first-order chi connectivity index (χ1) is 15.0. The van der Waals surface area contributed by atoms with Crippen molar-refractivity contribution in [1.29, 1.82) is 0 Å². The van der Waals surface area contributed by atoms with Crippen LogP contribution in [0.2, 0.25) is 0 Å². The molecule has 2 aromatic rings. The van der Waals surface area contributed by atoms with Crippen molar-refractivity contribution in [3.63, 3.8) is 0 Å². The Morgan fingerprint density at radius 1 is 1.34 bits per heavy atom. The average molecular weight is 473 g/mol. The highest BCUT2D eigenvalue weighted by molar-refractivity contribution is 7.61. The van der Waals surface area contributed by atoms with E-state index in [4.69, 9.17) is 24.3 Å². The first kappa shape index (κ1) is 23.3. The third-order valence-corrected chi connectivity index (χ3v) is 8.38. The summed E-state index contributed by atoms with van der Waals surface area (Å²) in [5.41, 5.74) is 3.50. The highest BCUT2D eigenvalue weighted by Crippen LogP contribution is 2.80. The maximum atomic E-state index is 12.7. The number of anilines is 1. The molecule has 0 bridgehead atoms. The molecule has 13 nitrogen and oxygen atoms in total. The summed E-state index contributed by atoms with van der Waals surface area (Å²) in [5, 5.41) is 31.5. The lowest BCUT2D eigenvalue weighted by Gasteiger charge is -2.31. The van der Waals surface area contributed by atoms with Gasteiger partial charge < -0.3 is 30.5 Å². The fraction of sp³-hybridized carbons (Fsp3) is 0.722. The fourth-order valence-electron chi connectivity index (χ4n) is 3.84. The second-order valence-electron chi connectivity index (χ2n) is 8.25. The zero-order chi connectivity index (χ0) is 23.5. The number of nitrogen functional groups attached to an aromatic ring is 1. The van der Waals surface area contributed by atoms with Crippen molar-refractivity contribution in [2.75, 3.05) is 12.8 Å². The number of nitrogens with two attached hydrogens (primary N) is 1. The Morgan fingerprint density at radius 3 is 2.66 bits per heavy atom. The van der Waals surface area contributed by atoms with Gasteiger partial charge in [-0.1, -0.05) is 13.8 Å². The summed E-state index contributed by atoms with van der Waals surface area (Å²) in [6.07, 6.45) is -2.52. The van der Waals surface area contributed by atoms with Crippen LogP contribution in [0.3, 0.4) is 0 Å². The highest BCUT2D eigenvalue weighted by atomic mass is 31.2. The first-order valence-corrected chi connectivity index (χ1v) is 11.8. The Balaban J connectivity index is 1.57. The van der Waals surface area contributed by atoms with Crippen molar-refractivity contribution in [1.82, 2.24) is 19.5 Å². The lowest BCUT2D eigenvalue weighted by atomic mass is 9.93. The number of hydrogen-bond donors (Lipinski definition) is 4. The number of methoxy groups -OCH3 is 1. The van der Waals surface area contributed by atoms with Crippen LogP contribution in [0.25, 0.3) is 11.2 Å². The van der Waals surface area contributed by atoms with Crippen molar-refractivity contribution in [3.8, 4) is 5.88 Å². The molecule has 0 spiro atoms. The summed E-state index contributed by atoms with van der Waals surface area (Å²) in [6, 6.07) is 0. The van der Waals surface area contributed by atoms with E-state index in [0.717, 1.165) is 0 Å². The molecule has 0 saturated carbocycles. The summed E-state index contributed by atoms with van der Waals surface area (Å²) in [7, 11) is -2.26. The van der Waals surface area contributed by atoms with Gasteiger partial charge in [-0.15, -0.1) is 0 Å². The van der Waals surface area contributed by atoms with Crippen molar-refractivity contribution < 1.29 is 38.4 Å². The molecule has 2 aliphatic rings. The predicted octanol–water partition coefficient (Wildman–Crippen LogP) is 0.891. The van der Waals surface area contributed by atoms with Crippen LogP contribution in [0.4, 0.5) is 5.95 Å². The number of imidazole rings is 1. The lowest BCUT2D eigenvalue weighted by molar-refractivity contribution is -0.0631. The van der Waals surface area contributed by atoms with Crippen LogP contribution < -0.4 is 10.5 Å². The molecule has 5 N–H and O–H groups in total. The van der Waals surface area contributed by atoms with Crippen molar-refractivity contribution in [2.45, 2.75) is 75.7 Å². The molecule has 5 unspecified atom stereocenters. The van der Waals surface area contributed by atoms with Crippen LogP contribution in [-0.4, -0.2) is 71.4 Å². The van der Waals surface area contributed by atoms with Crippen molar-refractivity contribution in [3.05, 3.63) is 6.33 Å². The van der Waals surface area contributed by atoms with Gasteiger partial charge in [0.25, 0.3) is 5.53 Å². The van der Waals surface area contributed by atoms with E-state index in [1.165, 1.54) is 18.0 Å². The first-order valence-electron chi connectivity index (χ1n) is 10.3. The van der Waals surface area contributed by atoms with E-state index in [9.17, 15) is 19.9 Å². The summed E-state index contributed by atoms with van der Waals surface area (Å²) >= 11 is 0. The SMILES string of the molecule is CCC(C)(CC1O[C@@H](n2cnc3c(OC)nc(N)nc32)[C@H](O)C1O)OP1(=O)OC1(O)CC. The molecule has 4 heterocycles. The van der Waals surface area contributed by atoms with E-state index < -0.39 is 43.3 Å². The van der Waals surface area contributed by atoms with E-state index in [0.29, 0.717) is 11.9 Å². The summed E-state index contributed by atoms with van der Waals surface area (Å²) in [6.45, 7) is 5.13. The third-order valence-electron chi connectivity index (χ3n) is 6.06. The minimum atomic E-state index is -3.68. The second-order valence-corrected chi connectivity index (χ2v) is 10.3. The molecule has 4 rings (SSSR count). The predicted molar refractivity (Wildman–Crippen MR) is 111 cm³/mol. The molecule has 2 aromatic heterocycles. The Labute approximate surface area is 184 Å². The van der Waals surface area contributed by atoms with Crippen LogP contribution in [-0.2, 0) is 18.3 Å². The topological polar surface area (TPSA) is 188 Å². The minimum absolute atomic E-state index is 0.0507. The molecule has 0 radical (unpaired) electrons. The number of rotatable bonds is 8. The van der Waals surface area contributed by atoms with Gasteiger partial charge in [0.2, 0.25) is 11.8 Å². The van der Waals surface area contributed by atoms with Crippen molar-refractivity contribution >= 4 is 24.7 Å². The van der Waals surface area contributed by atoms with E-state index in [2.05, 4.69) is 15.0 Å². The standard InChI is InChI=1S/C18H28N5O8P/c1-5-17(3,30-32(27)18(26,6-2)31-32)7-9-11(24)12(25)15(29-9)23-8-20-10-13(23)21-16(19)22-14(10)28-4/h8-9,11-12,15,24-26H,5-7H2,1-4H3,(H2,19,21,22)/t9?,11?,12-,15-,17?,18?,32?/m1/s1. The Kier molecular flexibility index (Phi) is 5.73. The molecular weight excluding hydrogens is 445 g/mol. The molecule has 2 fully saturated rings. The number of aromatic nitrogens is 4. The summed E-state index contributed by atoms with van der Waals surface area (Å²) in [5.74, 6) is 0.116. The van der Waals surface area contributed by atoms with E-state index >= 15 is 0 Å². The quantitative estimate of drug-likeness (QED) is 0.314. The highest BCUT2D eigenvalue weighted by Gasteiger charge is 2.70. The number of aliphatic hydroxyl groups excluding tert-OH is 2. The van der Waals surface area contributed by atoms with Crippen LogP contribution >= 0.6 is 7.60 Å². The molecule has 2 saturated heterocycles. The monoisotopic (exact) mass is 473 g/mol. The molecule has 0 amide bonds. The van der Waals surface area contributed by atoms with Gasteiger partial charge in [-0.2, -0.15) is 9.97 Å². The maximum Gasteiger partial charge on any atom is 0.393 e. The molecule has 14 heteroatoms. The Bertz CT molecular complexity index is 1070. The smallest absolute Gasteiger partial charge is 0.393 e. The fourth-order valence-corrected chi connectivity index (χ4v) is 5.87. The van der Waals surface area contributed by atoms with Crippen LogP contribution in [0, 0.1) is 0 Å². The van der Waals surface area contributed by atoms with Gasteiger partial charge in [0.05, 0.1) is 25.1 Å². The van der Waals surface area contributed by atoms with E-state index in [-0.39, 0.29) is 30.3 Å². The molecule has 2 aliphatic heterocycles. The molecule has 0 aromatic carbocycles. The van der Waals surface area contributed by atoms with Gasteiger partial charge in [0, 0.05) is 12.8 Å². The minimum Gasteiger partial charge on any atom is -0.479 e. The van der Waals surface area contributed by atoms with Crippen LogP contribution in [0.5, 0.6) is 5.88 Å². The average Bonchev–Trinajstić information content (AvgIpc) is 3.01. The number of nitrogens with zero attached hydrogens (tertiary/aromatic N) is 4. The summed E-state index contributed by atoms with van der Waals surface area (Å²) < 4.78 is 36.0. The number of fused-ring (bicyclic) bond motifs is 1. The third kappa shape index (κ3) is 3.67. The van der Waals surface area contributed by atoms with Gasteiger partial charge in [0.1, 0.15) is 12.2 Å². The molecule has 7 atom stereocenters. The van der Waals surface area contributed by atoms with Gasteiger partial charge >= 0.3 is 7.60 Å². The molecule has 32 heavy (non-hydrogen) atoms. The normalized spacial score (nSPS) is 36.3. The Morgan fingerprint density at radius 2 is 2.06 bits per heavy atom. The van der Waals surface area contributed by atoms with Gasteiger partial charge in [-0.3, -0.25) is 18.2 Å². The lowest BCUT2D eigenvalue weighted by Crippen LogP contribution is -2.38. The number of ether oxygens (including phenoxy) is 2. The zero-order valence-electron chi connectivity index (χ0n) is 18.2. The zero-order valence-corrected chi connectivity index (χ0v) is 19.1. The number of aliphatic hydroxyl groups is 3. The van der Waals surface area contributed by atoms with Gasteiger partial charge in [-0.05, 0) is 13.3 Å². The van der Waals surface area contributed by atoms with Crippen molar-refractivity contribution in [2.24, 2.45) is 0 Å². The van der Waals surface area contributed by atoms with E-state index in [1.807, 2.05) is 6.92 Å². The molecule has 0 aliphatic carbocycles. The van der Waals surface area contributed by atoms with Gasteiger partial charge in [0.15, 0.2) is 17.4 Å². The van der Waals surface area contributed by atoms with E-state index in [1.54, 1.807) is 13.8 Å². The summed E-state index contributed by atoms with van der Waals surface area (Å²) in [4.78, 5) is 12.3. The Hall–Kier alpha value is -1.86. The van der Waals surface area contributed by atoms with Gasteiger partial charge in [-0.25, -0.2) is 4.98 Å². The largest absolute Gasteiger partial charge is 0.479 e.